The quantitative estimate of drug-likeness (QED) is 0.585. The van der Waals surface area contributed by atoms with Crippen LogP contribution >= 0.6 is 0 Å². The Morgan fingerprint density at radius 3 is 2.42 bits per heavy atom. The molecule has 0 saturated heterocycles. The molecule has 0 fully saturated rings. The predicted octanol–water partition coefficient (Wildman–Crippen LogP) is 2.50. The first-order chi connectivity index (χ1) is 8.90. The maximum Gasteiger partial charge on any atom is 0.309 e. The van der Waals surface area contributed by atoms with Crippen LogP contribution in [-0.2, 0) is 25.7 Å². The number of aldehydes is 1. The third kappa shape index (κ3) is 6.72. The standard InChI is InChI=1S/C15H20O4/c1-15(2,3)19-13(10-16)9-14(17)18-11-12-7-5-4-6-8-12/h4-8,10,13H,9,11H2,1-3H3. The van der Waals surface area contributed by atoms with Crippen molar-refractivity contribution in [3.8, 4) is 0 Å². The molecule has 0 aromatic heterocycles. The average Bonchev–Trinajstić information content (AvgIpc) is 2.35. The largest absolute Gasteiger partial charge is 0.461 e. The molecule has 104 valence electrons. The molecule has 0 N–H and O–H groups in total. The minimum absolute atomic E-state index is 0.0619. The van der Waals surface area contributed by atoms with Gasteiger partial charge in [-0.3, -0.25) is 4.79 Å². The zero-order chi connectivity index (χ0) is 14.3. The van der Waals surface area contributed by atoms with Gasteiger partial charge in [-0.05, 0) is 26.3 Å². The minimum atomic E-state index is -0.761. The van der Waals surface area contributed by atoms with Gasteiger partial charge in [0.15, 0.2) is 0 Å². The van der Waals surface area contributed by atoms with Crippen molar-refractivity contribution in [2.45, 2.75) is 45.5 Å². The molecule has 0 saturated carbocycles. The minimum Gasteiger partial charge on any atom is -0.461 e. The van der Waals surface area contributed by atoms with Crippen LogP contribution in [0.5, 0.6) is 0 Å². The number of rotatable bonds is 6. The van der Waals surface area contributed by atoms with E-state index in [1.54, 1.807) is 0 Å². The molecule has 0 heterocycles. The lowest BCUT2D eigenvalue weighted by atomic mass is 10.1. The highest BCUT2D eigenvalue weighted by atomic mass is 16.5. The number of benzene rings is 1. The Morgan fingerprint density at radius 2 is 1.89 bits per heavy atom. The number of hydrogen-bond acceptors (Lipinski definition) is 4. The monoisotopic (exact) mass is 264 g/mol. The Balaban J connectivity index is 2.39. The summed E-state index contributed by atoms with van der Waals surface area (Å²) < 4.78 is 10.5. The van der Waals surface area contributed by atoms with E-state index in [4.69, 9.17) is 9.47 Å². The molecule has 1 atom stereocenters. The van der Waals surface area contributed by atoms with Gasteiger partial charge in [0.05, 0.1) is 12.0 Å². The van der Waals surface area contributed by atoms with E-state index in [2.05, 4.69) is 0 Å². The van der Waals surface area contributed by atoms with E-state index in [0.717, 1.165) is 5.56 Å². The number of hydrogen-bond donors (Lipinski definition) is 0. The second-order valence-electron chi connectivity index (χ2n) is 5.26. The van der Waals surface area contributed by atoms with E-state index in [0.29, 0.717) is 6.29 Å². The van der Waals surface area contributed by atoms with E-state index in [1.807, 2.05) is 51.1 Å². The molecule has 0 aliphatic carbocycles. The molecule has 0 radical (unpaired) electrons. The van der Waals surface area contributed by atoms with E-state index >= 15 is 0 Å². The zero-order valence-electron chi connectivity index (χ0n) is 11.6. The number of carbonyl (C=O) groups is 2. The second-order valence-corrected chi connectivity index (χ2v) is 5.26. The van der Waals surface area contributed by atoms with Gasteiger partial charge in [0.25, 0.3) is 0 Å². The third-order valence-corrected chi connectivity index (χ3v) is 2.27. The van der Waals surface area contributed by atoms with Crippen molar-refractivity contribution in [1.82, 2.24) is 0 Å². The van der Waals surface area contributed by atoms with Gasteiger partial charge in [-0.2, -0.15) is 0 Å². The summed E-state index contributed by atoms with van der Waals surface area (Å²) in [6.07, 6.45) is -0.189. The summed E-state index contributed by atoms with van der Waals surface area (Å²) in [4.78, 5) is 22.5. The van der Waals surface area contributed by atoms with Gasteiger partial charge in [0.2, 0.25) is 0 Å². The first kappa shape index (κ1) is 15.4. The van der Waals surface area contributed by atoms with E-state index in [1.165, 1.54) is 0 Å². The number of esters is 1. The van der Waals surface area contributed by atoms with E-state index < -0.39 is 17.7 Å². The summed E-state index contributed by atoms with van der Waals surface area (Å²) in [6, 6.07) is 9.39. The second kappa shape index (κ2) is 7.04. The summed E-state index contributed by atoms with van der Waals surface area (Å²) in [5, 5.41) is 0. The van der Waals surface area contributed by atoms with Crippen molar-refractivity contribution in [1.29, 1.82) is 0 Å². The molecule has 4 heteroatoms. The van der Waals surface area contributed by atoms with Crippen molar-refractivity contribution < 1.29 is 19.1 Å². The van der Waals surface area contributed by atoms with Crippen LogP contribution in [0.3, 0.4) is 0 Å². The SMILES string of the molecule is CC(C)(C)OC(C=O)CC(=O)OCc1ccccc1. The van der Waals surface area contributed by atoms with E-state index in [-0.39, 0.29) is 13.0 Å². The van der Waals surface area contributed by atoms with Crippen LogP contribution in [0.15, 0.2) is 30.3 Å². The van der Waals surface area contributed by atoms with Gasteiger partial charge < -0.3 is 14.3 Å². The van der Waals surface area contributed by atoms with Gasteiger partial charge >= 0.3 is 5.97 Å². The van der Waals surface area contributed by atoms with Crippen LogP contribution in [0.1, 0.15) is 32.8 Å². The molecule has 0 aliphatic rings. The third-order valence-electron chi connectivity index (χ3n) is 2.27. The average molecular weight is 264 g/mol. The Hall–Kier alpha value is -1.68. The van der Waals surface area contributed by atoms with Gasteiger partial charge in [-0.1, -0.05) is 30.3 Å². The highest BCUT2D eigenvalue weighted by Gasteiger charge is 2.21. The summed E-state index contributed by atoms with van der Waals surface area (Å²) in [7, 11) is 0. The van der Waals surface area contributed by atoms with Crippen molar-refractivity contribution in [3.63, 3.8) is 0 Å². The first-order valence-electron chi connectivity index (χ1n) is 6.23. The molecule has 4 nitrogen and oxygen atoms in total. The maximum absolute atomic E-state index is 11.6. The molecule has 0 aliphatic heterocycles. The normalized spacial score (nSPS) is 12.8. The summed E-state index contributed by atoms with van der Waals surface area (Å²) in [5.74, 6) is -0.440. The summed E-state index contributed by atoms with van der Waals surface area (Å²) in [5.41, 5.74) is 0.445. The molecule has 0 amide bonds. The van der Waals surface area contributed by atoms with Crippen molar-refractivity contribution in [2.24, 2.45) is 0 Å². The van der Waals surface area contributed by atoms with Crippen LogP contribution in [0.25, 0.3) is 0 Å². The molecule has 1 aromatic carbocycles. The Labute approximate surface area is 113 Å². The summed E-state index contributed by atoms with van der Waals surface area (Å²) >= 11 is 0. The fourth-order valence-electron chi connectivity index (χ4n) is 1.53. The smallest absolute Gasteiger partial charge is 0.309 e. The van der Waals surface area contributed by atoms with Gasteiger partial charge in [0.1, 0.15) is 19.0 Å². The molecular formula is C15H20O4. The fourth-order valence-corrected chi connectivity index (χ4v) is 1.53. The van der Waals surface area contributed by atoms with Gasteiger partial charge in [-0.25, -0.2) is 0 Å². The Kier molecular flexibility index (Phi) is 5.70. The van der Waals surface area contributed by atoms with Crippen LogP contribution in [0.4, 0.5) is 0 Å². The zero-order valence-corrected chi connectivity index (χ0v) is 11.6. The van der Waals surface area contributed by atoms with Crippen molar-refractivity contribution in [3.05, 3.63) is 35.9 Å². The van der Waals surface area contributed by atoms with E-state index in [9.17, 15) is 9.59 Å². The first-order valence-corrected chi connectivity index (χ1v) is 6.23. The van der Waals surface area contributed by atoms with Gasteiger partial charge in [0, 0.05) is 0 Å². The molecule has 1 rings (SSSR count). The number of ether oxygens (including phenoxy) is 2. The van der Waals surface area contributed by atoms with Gasteiger partial charge in [-0.15, -0.1) is 0 Å². The molecular weight excluding hydrogens is 244 g/mol. The molecule has 1 aromatic rings. The molecule has 0 spiro atoms. The highest BCUT2D eigenvalue weighted by molar-refractivity contribution is 5.74. The lowest BCUT2D eigenvalue weighted by molar-refractivity contribution is -0.153. The van der Waals surface area contributed by atoms with Crippen LogP contribution in [-0.4, -0.2) is 24.0 Å². The van der Waals surface area contributed by atoms with Crippen molar-refractivity contribution in [2.75, 3.05) is 0 Å². The molecule has 1 unspecified atom stereocenters. The fraction of sp³-hybridized carbons (Fsp3) is 0.467. The molecule has 19 heavy (non-hydrogen) atoms. The lowest BCUT2D eigenvalue weighted by Crippen LogP contribution is -2.30. The van der Waals surface area contributed by atoms with Crippen LogP contribution < -0.4 is 0 Å². The molecule has 0 bridgehead atoms. The highest BCUT2D eigenvalue weighted by Crippen LogP contribution is 2.12. The predicted molar refractivity (Wildman–Crippen MR) is 71.5 cm³/mol. The Morgan fingerprint density at radius 1 is 1.26 bits per heavy atom. The maximum atomic E-state index is 11.6. The lowest BCUT2D eigenvalue weighted by Gasteiger charge is -2.23. The van der Waals surface area contributed by atoms with Crippen LogP contribution in [0, 0.1) is 0 Å². The summed E-state index contributed by atoms with van der Waals surface area (Å²) in [6.45, 7) is 5.71. The Bertz CT molecular complexity index is 406. The van der Waals surface area contributed by atoms with Crippen LogP contribution in [0.2, 0.25) is 0 Å². The van der Waals surface area contributed by atoms with Crippen molar-refractivity contribution >= 4 is 12.3 Å². The number of carbonyl (C=O) groups excluding carboxylic acids is 2. The topological polar surface area (TPSA) is 52.6 Å².